The Kier molecular flexibility index (Phi) is 7.12. The smallest absolute Gasteiger partial charge is 0.255 e. The van der Waals surface area contributed by atoms with Gasteiger partial charge in [0.25, 0.3) is 5.91 Å². The Morgan fingerprint density at radius 2 is 1.83 bits per heavy atom. The van der Waals surface area contributed by atoms with E-state index in [0.717, 1.165) is 0 Å². The largest absolute Gasteiger partial charge is 0.493 e. The van der Waals surface area contributed by atoms with Crippen molar-refractivity contribution < 1.29 is 18.7 Å². The van der Waals surface area contributed by atoms with Crippen molar-refractivity contribution >= 4 is 39.1 Å². The van der Waals surface area contributed by atoms with Crippen molar-refractivity contribution in [3.63, 3.8) is 0 Å². The topological polar surface area (TPSA) is 47.6 Å². The van der Waals surface area contributed by atoms with Crippen molar-refractivity contribution in [2.24, 2.45) is 0 Å². The molecule has 0 saturated heterocycles. The van der Waals surface area contributed by atoms with Gasteiger partial charge in [0.2, 0.25) is 0 Å². The van der Waals surface area contributed by atoms with Crippen LogP contribution in [0.1, 0.15) is 22.8 Å². The normalized spacial score (nSPS) is 10.5. The lowest BCUT2D eigenvalue weighted by Crippen LogP contribution is -2.14. The van der Waals surface area contributed by atoms with Crippen LogP contribution in [0.3, 0.4) is 0 Å². The summed E-state index contributed by atoms with van der Waals surface area (Å²) in [7, 11) is 0. The molecule has 0 spiro atoms. The predicted octanol–water partition coefficient (Wildman–Crippen LogP) is 6.47. The summed E-state index contributed by atoms with van der Waals surface area (Å²) in [6.45, 7) is 2.55. The van der Waals surface area contributed by atoms with E-state index in [4.69, 9.17) is 21.1 Å². The summed E-state index contributed by atoms with van der Waals surface area (Å²) in [5, 5.41) is 3.20. The van der Waals surface area contributed by atoms with Crippen LogP contribution in [0, 0.1) is 5.82 Å². The van der Waals surface area contributed by atoms with Crippen LogP contribution in [-0.4, -0.2) is 12.5 Å². The number of nitrogens with one attached hydrogen (secondary N) is 1. The highest BCUT2D eigenvalue weighted by Crippen LogP contribution is 2.25. The third kappa shape index (κ3) is 5.71. The molecule has 7 heteroatoms. The monoisotopic (exact) mass is 477 g/mol. The highest BCUT2D eigenvalue weighted by atomic mass is 79.9. The van der Waals surface area contributed by atoms with Crippen LogP contribution in [0.15, 0.2) is 65.1 Å². The highest BCUT2D eigenvalue weighted by Gasteiger charge is 2.13. The fourth-order valence-electron chi connectivity index (χ4n) is 2.61. The van der Waals surface area contributed by atoms with Gasteiger partial charge in [-0.25, -0.2) is 4.39 Å². The molecule has 0 heterocycles. The van der Waals surface area contributed by atoms with Crippen LogP contribution in [0.4, 0.5) is 10.1 Å². The van der Waals surface area contributed by atoms with Crippen LogP contribution >= 0.6 is 27.5 Å². The molecule has 3 aromatic rings. The molecule has 0 aliphatic heterocycles. The fraction of sp³-hybridized carbons (Fsp3) is 0.136. The lowest BCUT2D eigenvalue weighted by molar-refractivity contribution is 0.102. The van der Waals surface area contributed by atoms with Crippen molar-refractivity contribution in [2.75, 3.05) is 11.9 Å². The van der Waals surface area contributed by atoms with Gasteiger partial charge < -0.3 is 14.8 Å². The zero-order valence-corrected chi connectivity index (χ0v) is 17.9. The quantitative estimate of drug-likeness (QED) is 0.423. The van der Waals surface area contributed by atoms with Crippen molar-refractivity contribution in [1.82, 2.24) is 0 Å². The first kappa shape index (κ1) is 21.1. The third-order valence-electron chi connectivity index (χ3n) is 4.01. The van der Waals surface area contributed by atoms with E-state index >= 15 is 0 Å². The fourth-order valence-corrected chi connectivity index (χ4v) is 3.07. The second-order valence-electron chi connectivity index (χ2n) is 6.08. The van der Waals surface area contributed by atoms with Gasteiger partial charge >= 0.3 is 0 Å². The minimum Gasteiger partial charge on any atom is -0.493 e. The molecule has 3 rings (SSSR count). The third-order valence-corrected chi connectivity index (χ3v) is 4.76. The maximum absolute atomic E-state index is 14.0. The lowest BCUT2D eigenvalue weighted by Gasteiger charge is -2.14. The lowest BCUT2D eigenvalue weighted by atomic mass is 10.1. The average molecular weight is 479 g/mol. The number of ether oxygens (including phenoxy) is 2. The molecule has 0 radical (unpaired) electrons. The molecule has 0 fully saturated rings. The van der Waals surface area contributed by atoms with Gasteiger partial charge in [0.15, 0.2) is 0 Å². The van der Waals surface area contributed by atoms with Crippen LogP contribution < -0.4 is 14.8 Å². The molecule has 0 atom stereocenters. The Bertz CT molecular complexity index is 1010. The molecular weight excluding hydrogens is 461 g/mol. The minimum atomic E-state index is -0.523. The molecule has 29 heavy (non-hydrogen) atoms. The van der Waals surface area contributed by atoms with Gasteiger partial charge in [0.1, 0.15) is 23.9 Å². The van der Waals surface area contributed by atoms with Gasteiger partial charge in [-0.2, -0.15) is 0 Å². The number of carbonyl (C=O) groups is 1. The number of amides is 1. The van der Waals surface area contributed by atoms with Gasteiger partial charge in [0, 0.05) is 20.6 Å². The molecule has 0 aliphatic rings. The number of rotatable bonds is 7. The van der Waals surface area contributed by atoms with E-state index in [9.17, 15) is 9.18 Å². The zero-order chi connectivity index (χ0) is 20.8. The molecule has 150 valence electrons. The van der Waals surface area contributed by atoms with Crippen LogP contribution in [0.25, 0.3) is 0 Å². The van der Waals surface area contributed by atoms with Crippen molar-refractivity contribution in [1.29, 1.82) is 0 Å². The Balaban J connectivity index is 1.79. The first-order valence-corrected chi connectivity index (χ1v) is 10.0. The molecule has 1 amide bonds. The Morgan fingerprint density at radius 1 is 1.07 bits per heavy atom. The molecular formula is C22H18BrClFNO3. The molecule has 1 N–H and O–H groups in total. The number of anilines is 1. The SMILES string of the molecule is CCOc1ccc(C(=O)Nc2ccc(Br)cc2F)cc1COc1ccc(Cl)cc1. The number of hydrogen-bond donors (Lipinski definition) is 1. The molecule has 0 unspecified atom stereocenters. The van der Waals surface area contributed by atoms with Crippen molar-refractivity contribution in [2.45, 2.75) is 13.5 Å². The number of halogens is 3. The van der Waals surface area contributed by atoms with Gasteiger partial charge in [0.05, 0.1) is 12.3 Å². The van der Waals surface area contributed by atoms with Gasteiger partial charge in [-0.05, 0) is 67.6 Å². The molecule has 3 aromatic carbocycles. The van der Waals surface area contributed by atoms with Gasteiger partial charge in [-0.1, -0.05) is 27.5 Å². The van der Waals surface area contributed by atoms with E-state index in [2.05, 4.69) is 21.2 Å². The second-order valence-corrected chi connectivity index (χ2v) is 7.43. The standard InChI is InChI=1S/C22H18BrClFNO3/c1-2-28-21-10-3-14(22(27)26-20-9-4-16(23)12-19(20)25)11-15(21)13-29-18-7-5-17(24)6-8-18/h3-12H,2,13H2,1H3,(H,26,27). The zero-order valence-electron chi connectivity index (χ0n) is 15.5. The van der Waals surface area contributed by atoms with E-state index < -0.39 is 11.7 Å². The van der Waals surface area contributed by atoms with Gasteiger partial charge in [-0.15, -0.1) is 0 Å². The van der Waals surface area contributed by atoms with E-state index in [1.54, 1.807) is 48.5 Å². The molecule has 4 nitrogen and oxygen atoms in total. The second kappa shape index (κ2) is 9.76. The molecule has 0 aromatic heterocycles. The summed E-state index contributed by atoms with van der Waals surface area (Å²) < 4.78 is 26.0. The van der Waals surface area contributed by atoms with Crippen molar-refractivity contribution in [3.05, 3.63) is 87.1 Å². The maximum atomic E-state index is 14.0. The summed E-state index contributed by atoms with van der Waals surface area (Å²) >= 11 is 9.08. The van der Waals surface area contributed by atoms with E-state index in [1.165, 1.54) is 12.1 Å². The van der Waals surface area contributed by atoms with Crippen LogP contribution in [0.2, 0.25) is 5.02 Å². The van der Waals surface area contributed by atoms with E-state index in [0.29, 0.717) is 38.7 Å². The molecule has 0 aliphatic carbocycles. The number of hydrogen-bond acceptors (Lipinski definition) is 3. The molecule has 0 bridgehead atoms. The van der Waals surface area contributed by atoms with Crippen LogP contribution in [-0.2, 0) is 6.61 Å². The summed E-state index contributed by atoms with van der Waals surface area (Å²) in [4.78, 5) is 12.6. The van der Waals surface area contributed by atoms with Gasteiger partial charge in [-0.3, -0.25) is 4.79 Å². The highest BCUT2D eigenvalue weighted by molar-refractivity contribution is 9.10. The summed E-state index contributed by atoms with van der Waals surface area (Å²) in [6, 6.07) is 16.4. The summed E-state index contributed by atoms with van der Waals surface area (Å²) in [6.07, 6.45) is 0. The number of carbonyl (C=O) groups excluding carboxylic acids is 1. The van der Waals surface area contributed by atoms with Crippen molar-refractivity contribution in [3.8, 4) is 11.5 Å². The Hall–Kier alpha value is -2.57. The van der Waals surface area contributed by atoms with E-state index in [-0.39, 0.29) is 12.3 Å². The maximum Gasteiger partial charge on any atom is 0.255 e. The first-order chi connectivity index (χ1) is 14.0. The predicted molar refractivity (Wildman–Crippen MR) is 115 cm³/mol. The Labute approximate surface area is 181 Å². The summed E-state index contributed by atoms with van der Waals surface area (Å²) in [5.41, 5.74) is 1.17. The minimum absolute atomic E-state index is 0.103. The first-order valence-electron chi connectivity index (χ1n) is 8.86. The van der Waals surface area contributed by atoms with E-state index in [1.807, 2.05) is 6.92 Å². The average Bonchev–Trinajstić information content (AvgIpc) is 2.70. The number of benzene rings is 3. The Morgan fingerprint density at radius 3 is 2.52 bits per heavy atom. The summed E-state index contributed by atoms with van der Waals surface area (Å²) in [5.74, 6) is 0.309. The van der Waals surface area contributed by atoms with Crippen LogP contribution in [0.5, 0.6) is 11.5 Å². The molecule has 0 saturated carbocycles.